The van der Waals surface area contributed by atoms with Crippen molar-refractivity contribution in [3.8, 4) is 11.3 Å². The number of rotatable bonds is 3. The lowest BCUT2D eigenvalue weighted by Gasteiger charge is -2.15. The molecule has 2 N–H and O–H groups in total. The molecule has 1 atom stereocenters. The number of aromatic amines is 1. The molecule has 0 saturated heterocycles. The van der Waals surface area contributed by atoms with Gasteiger partial charge in [-0.15, -0.1) is 11.8 Å². The summed E-state index contributed by atoms with van der Waals surface area (Å²) in [5.74, 6) is 0. The van der Waals surface area contributed by atoms with E-state index in [-0.39, 0.29) is 5.25 Å². The van der Waals surface area contributed by atoms with Gasteiger partial charge in [0.05, 0.1) is 16.6 Å². The first-order chi connectivity index (χ1) is 15.9. The molecule has 4 aromatic carbocycles. The summed E-state index contributed by atoms with van der Waals surface area (Å²) in [6, 6.07) is 38.4. The van der Waals surface area contributed by atoms with Crippen LogP contribution in [0, 0.1) is 0 Å². The van der Waals surface area contributed by atoms with Crippen LogP contribution in [-0.4, -0.2) is 4.98 Å². The zero-order valence-corrected chi connectivity index (χ0v) is 18.3. The van der Waals surface area contributed by atoms with Crippen molar-refractivity contribution >= 4 is 34.0 Å². The van der Waals surface area contributed by atoms with Gasteiger partial charge in [0.15, 0.2) is 0 Å². The van der Waals surface area contributed by atoms with Crippen molar-refractivity contribution in [1.29, 1.82) is 0 Å². The second-order valence-corrected chi connectivity index (χ2v) is 9.11. The number of hydrogen-bond acceptors (Lipinski definition) is 2. The van der Waals surface area contributed by atoms with Gasteiger partial charge in [-0.2, -0.15) is 0 Å². The fourth-order valence-corrected chi connectivity index (χ4v) is 5.65. The lowest BCUT2D eigenvalue weighted by Crippen LogP contribution is -1.99. The Morgan fingerprint density at radius 1 is 0.625 bits per heavy atom. The minimum Gasteiger partial charge on any atom is -0.354 e. The van der Waals surface area contributed by atoms with E-state index in [0.717, 1.165) is 11.4 Å². The summed E-state index contributed by atoms with van der Waals surface area (Å²) in [5, 5.41) is 5.12. The van der Waals surface area contributed by atoms with E-state index in [1.807, 2.05) is 11.8 Å². The third kappa shape index (κ3) is 3.41. The van der Waals surface area contributed by atoms with Crippen molar-refractivity contribution in [3.05, 3.63) is 126 Å². The first-order valence-corrected chi connectivity index (χ1v) is 11.7. The minimum absolute atomic E-state index is 0.146. The highest BCUT2D eigenvalue weighted by Crippen LogP contribution is 2.49. The minimum atomic E-state index is 0.146. The van der Waals surface area contributed by atoms with Gasteiger partial charge in [0.1, 0.15) is 0 Å². The van der Waals surface area contributed by atoms with Crippen LogP contribution >= 0.6 is 11.8 Å². The molecule has 5 aromatic rings. The predicted octanol–water partition coefficient (Wildman–Crippen LogP) is 8.13. The summed E-state index contributed by atoms with van der Waals surface area (Å²) in [4.78, 5) is 4.97. The van der Waals surface area contributed by atoms with Crippen LogP contribution in [0.5, 0.6) is 0 Å². The van der Waals surface area contributed by atoms with Crippen LogP contribution in [0.25, 0.3) is 27.9 Å². The zero-order chi connectivity index (χ0) is 21.3. The number of thioether (sulfide) groups is 1. The van der Waals surface area contributed by atoms with E-state index in [4.69, 9.17) is 0 Å². The van der Waals surface area contributed by atoms with Gasteiger partial charge in [-0.3, -0.25) is 0 Å². The standard InChI is InChI=1S/C29H22N2S/c1-3-11-20(12-4-1)25-19-27(32-26-18-10-9-17-24(26)30-25)28-22-15-7-8-16-23(22)31-29(28)21-13-5-2-6-14-21/h1-19,27,30-31H. The molecule has 6 rings (SSSR count). The molecule has 0 saturated carbocycles. The van der Waals surface area contributed by atoms with Crippen LogP contribution in [0.4, 0.5) is 5.69 Å². The van der Waals surface area contributed by atoms with Crippen LogP contribution in [-0.2, 0) is 0 Å². The summed E-state index contributed by atoms with van der Waals surface area (Å²) >= 11 is 1.90. The summed E-state index contributed by atoms with van der Waals surface area (Å²) in [7, 11) is 0. The molecule has 1 aromatic heterocycles. The molecule has 32 heavy (non-hydrogen) atoms. The first-order valence-electron chi connectivity index (χ1n) is 10.8. The first kappa shape index (κ1) is 19.0. The topological polar surface area (TPSA) is 27.8 Å². The SMILES string of the molecule is C1=C(c2ccccc2)Nc2ccccc2SC1c1c(-c2ccccc2)[nH]c2ccccc12. The number of benzene rings is 4. The number of hydrogen-bond donors (Lipinski definition) is 2. The third-order valence-corrected chi connectivity index (χ3v) is 7.14. The Balaban J connectivity index is 1.60. The molecular weight excluding hydrogens is 408 g/mol. The second kappa shape index (κ2) is 8.10. The Morgan fingerprint density at radius 3 is 2.09 bits per heavy atom. The van der Waals surface area contributed by atoms with Gasteiger partial charge in [-0.1, -0.05) is 91.0 Å². The predicted molar refractivity (Wildman–Crippen MR) is 137 cm³/mol. The molecule has 0 spiro atoms. The Kier molecular flexibility index (Phi) is 4.82. The zero-order valence-electron chi connectivity index (χ0n) is 17.5. The maximum Gasteiger partial charge on any atom is 0.0575 e. The van der Waals surface area contributed by atoms with Gasteiger partial charge < -0.3 is 10.3 Å². The number of nitrogens with one attached hydrogen (secondary N) is 2. The molecular formula is C29H22N2S. The Labute approximate surface area is 192 Å². The van der Waals surface area contributed by atoms with Crippen LogP contribution in [0.1, 0.15) is 16.4 Å². The molecule has 3 heteroatoms. The number of anilines is 1. The van der Waals surface area contributed by atoms with E-state index in [2.05, 4.69) is 126 Å². The van der Waals surface area contributed by atoms with E-state index in [1.54, 1.807) is 0 Å². The summed E-state index contributed by atoms with van der Waals surface area (Å²) in [6.07, 6.45) is 2.38. The van der Waals surface area contributed by atoms with Gasteiger partial charge >= 0.3 is 0 Å². The Hall–Kier alpha value is -3.69. The number of H-pyrrole nitrogens is 1. The number of aromatic nitrogens is 1. The van der Waals surface area contributed by atoms with Crippen molar-refractivity contribution in [2.24, 2.45) is 0 Å². The normalized spacial score (nSPS) is 15.5. The highest BCUT2D eigenvalue weighted by Gasteiger charge is 2.25. The number of fused-ring (bicyclic) bond motifs is 2. The average Bonchev–Trinajstić information content (AvgIpc) is 3.14. The van der Waals surface area contributed by atoms with Gasteiger partial charge in [-0.25, -0.2) is 0 Å². The molecule has 0 bridgehead atoms. The van der Waals surface area contributed by atoms with Gasteiger partial charge in [-0.05, 0) is 35.4 Å². The molecule has 2 nitrogen and oxygen atoms in total. The lowest BCUT2D eigenvalue weighted by molar-refractivity contribution is 1.24. The Bertz CT molecular complexity index is 1420. The van der Waals surface area contributed by atoms with Crippen molar-refractivity contribution in [2.75, 3.05) is 5.32 Å². The Morgan fingerprint density at radius 2 is 1.28 bits per heavy atom. The van der Waals surface area contributed by atoms with Gasteiger partial charge in [0.25, 0.3) is 0 Å². The molecule has 1 aliphatic rings. The molecule has 1 aliphatic heterocycles. The highest BCUT2D eigenvalue weighted by atomic mass is 32.2. The van der Waals surface area contributed by atoms with Crippen LogP contribution in [0.2, 0.25) is 0 Å². The molecule has 0 radical (unpaired) electrons. The fraction of sp³-hybridized carbons (Fsp3) is 0.0345. The molecule has 2 heterocycles. The summed E-state index contributed by atoms with van der Waals surface area (Å²) in [6.45, 7) is 0. The second-order valence-electron chi connectivity index (χ2n) is 7.93. The monoisotopic (exact) mass is 430 g/mol. The lowest BCUT2D eigenvalue weighted by atomic mass is 10.0. The fourth-order valence-electron chi connectivity index (χ4n) is 4.40. The van der Waals surface area contributed by atoms with E-state index in [9.17, 15) is 0 Å². The summed E-state index contributed by atoms with van der Waals surface area (Å²) in [5.41, 5.74) is 8.36. The van der Waals surface area contributed by atoms with Crippen LogP contribution in [0.3, 0.4) is 0 Å². The summed E-state index contributed by atoms with van der Waals surface area (Å²) < 4.78 is 0. The maximum atomic E-state index is 3.71. The smallest absolute Gasteiger partial charge is 0.0575 e. The molecule has 0 amide bonds. The van der Waals surface area contributed by atoms with Crippen LogP contribution < -0.4 is 5.32 Å². The van der Waals surface area contributed by atoms with E-state index in [1.165, 1.54) is 38.2 Å². The maximum absolute atomic E-state index is 3.71. The van der Waals surface area contributed by atoms with Crippen molar-refractivity contribution in [1.82, 2.24) is 4.98 Å². The van der Waals surface area contributed by atoms with Crippen molar-refractivity contribution in [2.45, 2.75) is 10.1 Å². The van der Waals surface area contributed by atoms with Crippen molar-refractivity contribution in [3.63, 3.8) is 0 Å². The van der Waals surface area contributed by atoms with E-state index >= 15 is 0 Å². The highest BCUT2D eigenvalue weighted by molar-refractivity contribution is 8.00. The van der Waals surface area contributed by atoms with Crippen molar-refractivity contribution < 1.29 is 0 Å². The molecule has 1 unspecified atom stereocenters. The number of para-hydroxylation sites is 2. The van der Waals surface area contributed by atoms with Crippen LogP contribution in [0.15, 0.2) is 120 Å². The van der Waals surface area contributed by atoms with E-state index < -0.39 is 0 Å². The average molecular weight is 431 g/mol. The van der Waals surface area contributed by atoms with Gasteiger partial charge in [0.2, 0.25) is 0 Å². The molecule has 0 fully saturated rings. The third-order valence-electron chi connectivity index (χ3n) is 5.91. The van der Waals surface area contributed by atoms with E-state index in [0.29, 0.717) is 0 Å². The largest absolute Gasteiger partial charge is 0.354 e. The molecule has 0 aliphatic carbocycles. The van der Waals surface area contributed by atoms with Gasteiger partial charge in [0, 0.05) is 27.1 Å². The quantitative estimate of drug-likeness (QED) is 0.302. The molecule has 154 valence electrons.